The summed E-state index contributed by atoms with van der Waals surface area (Å²) in [5.41, 5.74) is 1.50. The summed E-state index contributed by atoms with van der Waals surface area (Å²) in [6, 6.07) is 11.0. The molecule has 1 heterocycles. The summed E-state index contributed by atoms with van der Waals surface area (Å²) >= 11 is 3.26. The number of halogens is 4. The number of nitrogens with one attached hydrogen (secondary N) is 1. The van der Waals surface area contributed by atoms with Crippen LogP contribution >= 0.6 is 15.9 Å². The zero-order valence-corrected chi connectivity index (χ0v) is 11.7. The first-order chi connectivity index (χ1) is 9.42. The van der Waals surface area contributed by atoms with Gasteiger partial charge in [-0.15, -0.1) is 13.2 Å². The zero-order valence-electron chi connectivity index (χ0n) is 10.1. The van der Waals surface area contributed by atoms with Gasteiger partial charge in [-0.25, -0.2) is 4.98 Å². The van der Waals surface area contributed by atoms with Gasteiger partial charge in [0.25, 0.3) is 0 Å². The quantitative estimate of drug-likeness (QED) is 0.835. The standard InChI is InChI=1S/C13H10BrF3N2O/c14-12-3-1-2-10(19-12)8-18-9-4-6-11(7-5-9)20-13(15,16)17/h1-7,18H,8H2. The van der Waals surface area contributed by atoms with Crippen LogP contribution in [0, 0.1) is 0 Å². The summed E-state index contributed by atoms with van der Waals surface area (Å²) in [4.78, 5) is 4.23. The minimum absolute atomic E-state index is 0.247. The molecule has 0 radical (unpaired) electrons. The maximum Gasteiger partial charge on any atom is 0.573 e. The van der Waals surface area contributed by atoms with E-state index in [2.05, 4.69) is 31.0 Å². The number of pyridine rings is 1. The van der Waals surface area contributed by atoms with Gasteiger partial charge in [-0.3, -0.25) is 0 Å². The van der Waals surface area contributed by atoms with Gasteiger partial charge in [0.05, 0.1) is 12.2 Å². The van der Waals surface area contributed by atoms with Crippen LogP contribution in [0.15, 0.2) is 47.1 Å². The average Bonchev–Trinajstić information content (AvgIpc) is 2.36. The summed E-state index contributed by atoms with van der Waals surface area (Å²) in [6.45, 7) is 0.471. The van der Waals surface area contributed by atoms with Crippen LogP contribution in [0.25, 0.3) is 0 Å². The highest BCUT2D eigenvalue weighted by atomic mass is 79.9. The Labute approximate surface area is 121 Å². The van der Waals surface area contributed by atoms with E-state index in [1.807, 2.05) is 18.2 Å². The molecule has 0 saturated carbocycles. The third kappa shape index (κ3) is 4.73. The monoisotopic (exact) mass is 346 g/mol. The number of ether oxygens (including phenoxy) is 1. The Morgan fingerprint density at radius 3 is 2.40 bits per heavy atom. The van der Waals surface area contributed by atoms with Gasteiger partial charge in [0, 0.05) is 5.69 Å². The first-order valence-corrected chi connectivity index (χ1v) is 6.43. The van der Waals surface area contributed by atoms with Gasteiger partial charge in [0.15, 0.2) is 0 Å². The molecule has 0 atom stereocenters. The van der Waals surface area contributed by atoms with Gasteiger partial charge in [0.1, 0.15) is 10.4 Å². The highest BCUT2D eigenvalue weighted by molar-refractivity contribution is 9.10. The van der Waals surface area contributed by atoms with E-state index in [0.29, 0.717) is 12.2 Å². The normalized spacial score (nSPS) is 11.2. The fourth-order valence-electron chi connectivity index (χ4n) is 1.52. The van der Waals surface area contributed by atoms with E-state index < -0.39 is 6.36 Å². The summed E-state index contributed by atoms with van der Waals surface area (Å²) < 4.78 is 40.5. The number of hydrogen-bond acceptors (Lipinski definition) is 3. The second kappa shape index (κ2) is 6.13. The number of nitrogens with zero attached hydrogens (tertiary/aromatic N) is 1. The minimum atomic E-state index is -4.67. The van der Waals surface area contributed by atoms with Crippen molar-refractivity contribution in [2.75, 3.05) is 5.32 Å². The second-order valence-corrected chi connectivity index (χ2v) is 4.69. The molecule has 0 bridgehead atoms. The van der Waals surface area contributed by atoms with Crippen LogP contribution in [0.4, 0.5) is 18.9 Å². The van der Waals surface area contributed by atoms with Crippen molar-refractivity contribution in [3.8, 4) is 5.75 Å². The molecule has 0 unspecified atom stereocenters. The SMILES string of the molecule is FC(F)(F)Oc1ccc(NCc2cccc(Br)n2)cc1. The first kappa shape index (κ1) is 14.6. The Balaban J connectivity index is 1.94. The predicted molar refractivity (Wildman–Crippen MR) is 72.4 cm³/mol. The van der Waals surface area contributed by atoms with Crippen molar-refractivity contribution in [2.45, 2.75) is 12.9 Å². The molecule has 0 fully saturated rings. The Morgan fingerprint density at radius 1 is 1.10 bits per heavy atom. The van der Waals surface area contributed by atoms with Crippen molar-refractivity contribution in [1.29, 1.82) is 0 Å². The largest absolute Gasteiger partial charge is 0.573 e. The molecular weight excluding hydrogens is 337 g/mol. The molecule has 2 aromatic rings. The van der Waals surface area contributed by atoms with Crippen molar-refractivity contribution in [3.05, 3.63) is 52.8 Å². The molecule has 0 spiro atoms. The molecule has 0 aliphatic rings. The van der Waals surface area contributed by atoms with E-state index in [9.17, 15) is 13.2 Å². The number of aromatic nitrogens is 1. The van der Waals surface area contributed by atoms with Crippen LogP contribution in [-0.2, 0) is 6.54 Å². The molecule has 3 nitrogen and oxygen atoms in total. The topological polar surface area (TPSA) is 34.1 Å². The summed E-state index contributed by atoms with van der Waals surface area (Å²) in [5.74, 6) is -0.247. The molecule has 0 amide bonds. The smallest absolute Gasteiger partial charge is 0.406 e. The van der Waals surface area contributed by atoms with Gasteiger partial charge >= 0.3 is 6.36 Å². The highest BCUT2D eigenvalue weighted by Crippen LogP contribution is 2.24. The van der Waals surface area contributed by atoms with E-state index in [-0.39, 0.29) is 5.75 Å². The van der Waals surface area contributed by atoms with Gasteiger partial charge < -0.3 is 10.1 Å². The maximum absolute atomic E-state index is 12.0. The Kier molecular flexibility index (Phi) is 4.49. The molecule has 106 valence electrons. The van der Waals surface area contributed by atoms with E-state index in [4.69, 9.17) is 0 Å². The molecule has 1 aromatic carbocycles. The van der Waals surface area contributed by atoms with Crippen LogP contribution in [0.2, 0.25) is 0 Å². The summed E-state index contributed by atoms with van der Waals surface area (Å²) in [6.07, 6.45) is -4.67. The van der Waals surface area contributed by atoms with Crippen LogP contribution in [0.5, 0.6) is 5.75 Å². The maximum atomic E-state index is 12.0. The van der Waals surface area contributed by atoms with Crippen molar-refractivity contribution in [1.82, 2.24) is 4.98 Å². The van der Waals surface area contributed by atoms with Crippen LogP contribution in [-0.4, -0.2) is 11.3 Å². The van der Waals surface area contributed by atoms with Gasteiger partial charge in [-0.2, -0.15) is 0 Å². The summed E-state index contributed by atoms with van der Waals surface area (Å²) in [7, 11) is 0. The van der Waals surface area contributed by atoms with Gasteiger partial charge in [0.2, 0.25) is 0 Å². The minimum Gasteiger partial charge on any atom is -0.406 e. The van der Waals surface area contributed by atoms with Crippen molar-refractivity contribution >= 4 is 21.6 Å². The number of anilines is 1. The lowest BCUT2D eigenvalue weighted by Crippen LogP contribution is -2.17. The van der Waals surface area contributed by atoms with E-state index in [1.54, 1.807) is 0 Å². The lowest BCUT2D eigenvalue weighted by molar-refractivity contribution is -0.274. The first-order valence-electron chi connectivity index (χ1n) is 5.63. The molecule has 7 heteroatoms. The third-order valence-corrected chi connectivity index (χ3v) is 2.78. The number of alkyl halides is 3. The highest BCUT2D eigenvalue weighted by Gasteiger charge is 2.30. The number of hydrogen-bond donors (Lipinski definition) is 1. The summed E-state index contributed by atoms with van der Waals surface area (Å²) in [5, 5.41) is 3.06. The lowest BCUT2D eigenvalue weighted by atomic mass is 10.3. The fourth-order valence-corrected chi connectivity index (χ4v) is 1.90. The van der Waals surface area contributed by atoms with Crippen LogP contribution in [0.1, 0.15) is 5.69 Å². The van der Waals surface area contributed by atoms with Gasteiger partial charge in [-0.05, 0) is 52.3 Å². The molecule has 0 aliphatic heterocycles. The van der Waals surface area contributed by atoms with E-state index in [1.165, 1.54) is 24.3 Å². The molecule has 2 rings (SSSR count). The third-order valence-electron chi connectivity index (χ3n) is 2.33. The van der Waals surface area contributed by atoms with E-state index >= 15 is 0 Å². The predicted octanol–water partition coefficient (Wildman–Crippen LogP) is 4.35. The van der Waals surface area contributed by atoms with Crippen molar-refractivity contribution in [3.63, 3.8) is 0 Å². The molecule has 0 aliphatic carbocycles. The van der Waals surface area contributed by atoms with Crippen LogP contribution < -0.4 is 10.1 Å². The zero-order chi connectivity index (χ0) is 14.6. The number of rotatable bonds is 4. The fraction of sp³-hybridized carbons (Fsp3) is 0.154. The number of benzene rings is 1. The van der Waals surface area contributed by atoms with E-state index in [0.717, 1.165) is 10.3 Å². The van der Waals surface area contributed by atoms with Gasteiger partial charge in [-0.1, -0.05) is 6.07 Å². The Bertz CT molecular complexity index is 573. The molecule has 1 N–H and O–H groups in total. The molecule has 1 aromatic heterocycles. The Morgan fingerprint density at radius 2 is 1.80 bits per heavy atom. The average molecular weight is 347 g/mol. The van der Waals surface area contributed by atoms with Crippen LogP contribution in [0.3, 0.4) is 0 Å². The molecular formula is C13H10BrF3N2O. The molecule has 0 saturated heterocycles. The molecule has 20 heavy (non-hydrogen) atoms. The van der Waals surface area contributed by atoms with Crippen molar-refractivity contribution < 1.29 is 17.9 Å². The Hall–Kier alpha value is -1.76. The second-order valence-electron chi connectivity index (χ2n) is 3.88. The lowest BCUT2D eigenvalue weighted by Gasteiger charge is -2.10. The van der Waals surface area contributed by atoms with Crippen molar-refractivity contribution in [2.24, 2.45) is 0 Å².